The number of nitrogens with one attached hydrogen (secondary N) is 2. The molecule has 0 bridgehead atoms. The molecule has 172 valence electrons. The molecule has 2 atom stereocenters. The first-order valence-corrected chi connectivity index (χ1v) is 11.5. The highest BCUT2D eigenvalue weighted by Gasteiger charge is 2.28. The Morgan fingerprint density at radius 2 is 1.91 bits per heavy atom. The fourth-order valence-electron chi connectivity index (χ4n) is 4.36. The predicted octanol–water partition coefficient (Wildman–Crippen LogP) is 3.18. The number of likely N-dealkylation sites (tertiary alicyclic amines) is 1. The minimum absolute atomic E-state index is 0.0325. The van der Waals surface area contributed by atoms with Gasteiger partial charge < -0.3 is 20.4 Å². The highest BCUT2D eigenvalue weighted by atomic mass is 16.1. The van der Waals surface area contributed by atoms with Gasteiger partial charge in [0.2, 0.25) is 0 Å². The number of hydrogen-bond donors (Lipinski definition) is 2. The van der Waals surface area contributed by atoms with Crippen LogP contribution in [0, 0.1) is 5.92 Å². The molecule has 0 spiro atoms. The van der Waals surface area contributed by atoms with Crippen LogP contribution in [0.25, 0.3) is 0 Å². The van der Waals surface area contributed by atoms with Crippen LogP contribution in [0.4, 0.5) is 0 Å². The molecule has 0 aromatic heterocycles. The lowest BCUT2D eigenvalue weighted by Gasteiger charge is -2.39. The molecule has 1 aliphatic rings. The Labute approximate surface area is 192 Å². The summed E-state index contributed by atoms with van der Waals surface area (Å²) in [4.78, 5) is 21.3. The monoisotopic (exact) mass is 435 g/mol. The highest BCUT2D eigenvalue weighted by molar-refractivity contribution is 5.94. The van der Waals surface area contributed by atoms with Crippen molar-refractivity contribution >= 4 is 11.9 Å². The minimum atomic E-state index is -0.0325. The fraction of sp³-hybridized carbons (Fsp3) is 0.462. The molecule has 6 heteroatoms. The van der Waals surface area contributed by atoms with E-state index in [2.05, 4.69) is 62.7 Å². The molecule has 1 fully saturated rings. The number of carbonyl (C=O) groups is 1. The first-order valence-electron chi connectivity index (χ1n) is 11.5. The van der Waals surface area contributed by atoms with Gasteiger partial charge >= 0.3 is 0 Å². The first kappa shape index (κ1) is 23.8. The zero-order chi connectivity index (χ0) is 22.9. The third-order valence-corrected chi connectivity index (χ3v) is 6.13. The topological polar surface area (TPSA) is 60.0 Å². The van der Waals surface area contributed by atoms with Crippen molar-refractivity contribution in [2.24, 2.45) is 10.9 Å². The zero-order valence-corrected chi connectivity index (χ0v) is 19.8. The molecule has 1 heterocycles. The van der Waals surface area contributed by atoms with E-state index in [1.165, 1.54) is 5.56 Å². The number of carbonyl (C=O) groups excluding carboxylic acids is 1. The van der Waals surface area contributed by atoms with E-state index in [0.29, 0.717) is 30.5 Å². The second-order valence-electron chi connectivity index (χ2n) is 8.89. The van der Waals surface area contributed by atoms with Crippen molar-refractivity contribution in [2.45, 2.75) is 25.8 Å². The zero-order valence-electron chi connectivity index (χ0n) is 19.8. The van der Waals surface area contributed by atoms with E-state index < -0.39 is 0 Å². The van der Waals surface area contributed by atoms with Gasteiger partial charge in [0.1, 0.15) is 0 Å². The number of piperidine rings is 1. The van der Waals surface area contributed by atoms with E-state index in [1.54, 1.807) is 0 Å². The predicted molar refractivity (Wildman–Crippen MR) is 132 cm³/mol. The largest absolute Gasteiger partial charge is 0.352 e. The summed E-state index contributed by atoms with van der Waals surface area (Å²) in [5.74, 6) is 2.03. The standard InChI is InChI=1S/C26H37N5O/c1-20-19-31(15-13-24(20)22-10-6-5-7-11-22)26(27-2)29-18-21-9-8-12-23(17-21)25(32)28-14-16-30(3)4/h5-12,17,20,24H,13-16,18-19H2,1-4H3,(H,27,29)(H,28,32). The van der Waals surface area contributed by atoms with E-state index in [-0.39, 0.29) is 5.91 Å². The van der Waals surface area contributed by atoms with Crippen molar-refractivity contribution in [3.8, 4) is 0 Å². The Morgan fingerprint density at radius 3 is 2.59 bits per heavy atom. The summed E-state index contributed by atoms with van der Waals surface area (Å²) < 4.78 is 0. The van der Waals surface area contributed by atoms with Gasteiger partial charge in [0.25, 0.3) is 5.91 Å². The van der Waals surface area contributed by atoms with Gasteiger partial charge in [0, 0.05) is 45.3 Å². The number of hydrogen-bond acceptors (Lipinski definition) is 3. The molecule has 0 saturated carbocycles. The van der Waals surface area contributed by atoms with Gasteiger partial charge in [0.05, 0.1) is 0 Å². The molecule has 2 aromatic rings. The summed E-state index contributed by atoms with van der Waals surface area (Å²) in [6, 6.07) is 18.6. The van der Waals surface area contributed by atoms with Crippen LogP contribution >= 0.6 is 0 Å². The van der Waals surface area contributed by atoms with Crippen molar-refractivity contribution < 1.29 is 4.79 Å². The maximum absolute atomic E-state index is 12.4. The van der Waals surface area contributed by atoms with Gasteiger partial charge in [-0.15, -0.1) is 0 Å². The molecule has 2 N–H and O–H groups in total. The molecule has 2 aromatic carbocycles. The van der Waals surface area contributed by atoms with Crippen LogP contribution in [0.15, 0.2) is 59.6 Å². The quantitative estimate of drug-likeness (QED) is 0.518. The fourth-order valence-corrected chi connectivity index (χ4v) is 4.36. The van der Waals surface area contributed by atoms with Crippen LogP contribution in [0.2, 0.25) is 0 Å². The lowest BCUT2D eigenvalue weighted by Crippen LogP contribution is -2.47. The van der Waals surface area contributed by atoms with Crippen LogP contribution in [0.5, 0.6) is 0 Å². The molecular formula is C26H37N5O. The van der Waals surface area contributed by atoms with Gasteiger partial charge in [-0.3, -0.25) is 9.79 Å². The Kier molecular flexibility index (Phi) is 8.68. The molecule has 2 unspecified atom stereocenters. The number of aliphatic imine (C=N–C) groups is 1. The lowest BCUT2D eigenvalue weighted by molar-refractivity contribution is 0.0951. The van der Waals surface area contributed by atoms with Crippen molar-refractivity contribution in [3.05, 3.63) is 71.3 Å². The van der Waals surface area contributed by atoms with Crippen LogP contribution in [0.1, 0.15) is 40.7 Å². The normalized spacial score (nSPS) is 19.2. The summed E-state index contributed by atoms with van der Waals surface area (Å²) >= 11 is 0. The van der Waals surface area contributed by atoms with E-state index in [4.69, 9.17) is 0 Å². The molecule has 1 saturated heterocycles. The average molecular weight is 436 g/mol. The van der Waals surface area contributed by atoms with E-state index in [1.807, 2.05) is 45.4 Å². The maximum Gasteiger partial charge on any atom is 0.251 e. The Bertz CT molecular complexity index is 896. The number of likely N-dealkylation sites (N-methyl/N-ethyl adjacent to an activating group) is 1. The van der Waals surface area contributed by atoms with Crippen LogP contribution in [-0.4, -0.2) is 69.0 Å². The third-order valence-electron chi connectivity index (χ3n) is 6.13. The number of benzene rings is 2. The summed E-state index contributed by atoms with van der Waals surface area (Å²) in [7, 11) is 5.83. The van der Waals surface area contributed by atoms with E-state index >= 15 is 0 Å². The van der Waals surface area contributed by atoms with Crippen LogP contribution in [-0.2, 0) is 6.54 Å². The lowest BCUT2D eigenvalue weighted by atomic mass is 9.82. The Hall–Kier alpha value is -2.86. The molecule has 6 nitrogen and oxygen atoms in total. The van der Waals surface area contributed by atoms with Crippen LogP contribution < -0.4 is 10.6 Å². The molecule has 0 radical (unpaired) electrons. The van der Waals surface area contributed by atoms with E-state index in [0.717, 1.165) is 37.6 Å². The van der Waals surface area contributed by atoms with Crippen molar-refractivity contribution in [3.63, 3.8) is 0 Å². The highest BCUT2D eigenvalue weighted by Crippen LogP contribution is 2.32. The maximum atomic E-state index is 12.4. The van der Waals surface area contributed by atoms with Gasteiger partial charge in [-0.05, 0) is 55.6 Å². The Balaban J connectivity index is 1.54. The first-order chi connectivity index (χ1) is 15.5. The molecular weight excluding hydrogens is 398 g/mol. The van der Waals surface area contributed by atoms with Crippen molar-refractivity contribution in [1.29, 1.82) is 0 Å². The molecule has 1 aliphatic heterocycles. The number of guanidine groups is 1. The van der Waals surface area contributed by atoms with Gasteiger partial charge in [-0.1, -0.05) is 49.4 Å². The summed E-state index contributed by atoms with van der Waals surface area (Å²) in [5.41, 5.74) is 3.19. The SMILES string of the molecule is CN=C(NCc1cccc(C(=O)NCCN(C)C)c1)N1CCC(c2ccccc2)C(C)C1. The third kappa shape index (κ3) is 6.57. The Morgan fingerprint density at radius 1 is 1.12 bits per heavy atom. The minimum Gasteiger partial charge on any atom is -0.352 e. The average Bonchev–Trinajstić information content (AvgIpc) is 2.80. The van der Waals surface area contributed by atoms with Crippen LogP contribution in [0.3, 0.4) is 0 Å². The summed E-state index contributed by atoms with van der Waals surface area (Å²) in [6.07, 6.45) is 1.12. The molecule has 3 rings (SSSR count). The van der Waals surface area contributed by atoms with Gasteiger partial charge in [0.15, 0.2) is 5.96 Å². The number of nitrogens with zero attached hydrogens (tertiary/aromatic N) is 3. The van der Waals surface area contributed by atoms with Gasteiger partial charge in [-0.2, -0.15) is 0 Å². The van der Waals surface area contributed by atoms with Crippen molar-refractivity contribution in [2.75, 3.05) is 47.3 Å². The van der Waals surface area contributed by atoms with Crippen molar-refractivity contribution in [1.82, 2.24) is 20.4 Å². The number of amides is 1. The van der Waals surface area contributed by atoms with E-state index in [9.17, 15) is 4.79 Å². The molecule has 1 amide bonds. The summed E-state index contributed by atoms with van der Waals surface area (Å²) in [6.45, 7) is 6.39. The second kappa shape index (κ2) is 11.7. The number of rotatable bonds is 7. The molecule has 0 aliphatic carbocycles. The van der Waals surface area contributed by atoms with Gasteiger partial charge in [-0.25, -0.2) is 0 Å². The summed E-state index contributed by atoms with van der Waals surface area (Å²) in [5, 5.41) is 6.47. The molecule has 32 heavy (non-hydrogen) atoms. The smallest absolute Gasteiger partial charge is 0.251 e. The second-order valence-corrected chi connectivity index (χ2v) is 8.89.